The smallest absolute Gasteiger partial charge is 0.241 e. The molecule has 15 heavy (non-hydrogen) atoms. The minimum Gasteiger partial charge on any atom is -0.312 e. The maximum absolute atomic E-state index is 13.7. The maximum atomic E-state index is 13.7. The van der Waals surface area contributed by atoms with E-state index < -0.39 is 41.1 Å². The summed E-state index contributed by atoms with van der Waals surface area (Å²) in [6.07, 6.45) is 0. The van der Waals surface area contributed by atoms with Crippen molar-refractivity contribution in [2.24, 2.45) is 0 Å². The van der Waals surface area contributed by atoms with E-state index in [1.165, 1.54) is 0 Å². The van der Waals surface area contributed by atoms with Crippen LogP contribution in [0.4, 0.5) is 14.5 Å². The molecule has 0 saturated heterocycles. The van der Waals surface area contributed by atoms with Gasteiger partial charge in [-0.2, -0.15) is 0 Å². The number of halogens is 4. The second kappa shape index (κ2) is 4.77. The molecule has 1 aromatic rings. The lowest BCUT2D eigenvalue weighted by atomic mass is 10.2. The van der Waals surface area contributed by atoms with Crippen LogP contribution in [0.2, 0.25) is 5.02 Å². The minimum absolute atomic E-state index is 0.167. The van der Waals surface area contributed by atoms with Gasteiger partial charge in [0.1, 0.15) is 16.7 Å². The average Bonchev–Trinajstić information content (AvgIpc) is 2.27. The second-order valence-corrected chi connectivity index (χ2v) is 3.20. The van der Waals surface area contributed by atoms with Crippen LogP contribution >= 0.6 is 23.2 Å². The number of hydrogen-bond donors (Lipinski definition) is 0. The van der Waals surface area contributed by atoms with E-state index in [1.54, 1.807) is 0 Å². The standard InChI is InChI=1S/C9H7Cl2F2NO/c1-14(7(15)4-10)6-3-2-5(12)8(11)9(6)13/h2-3H,4H2,1H3/i1D3. The molecule has 0 bridgehead atoms. The summed E-state index contributed by atoms with van der Waals surface area (Å²) in [7, 11) is 0. The maximum Gasteiger partial charge on any atom is 0.241 e. The Morgan fingerprint density at radius 2 is 2.27 bits per heavy atom. The molecule has 0 saturated carbocycles. The number of carbonyl (C=O) groups is 1. The molecule has 0 N–H and O–H groups in total. The van der Waals surface area contributed by atoms with Crippen LogP contribution in [-0.2, 0) is 4.79 Å². The molecule has 0 heterocycles. The van der Waals surface area contributed by atoms with Crippen LogP contribution in [0.1, 0.15) is 4.11 Å². The second-order valence-electron chi connectivity index (χ2n) is 2.56. The zero-order valence-electron chi connectivity index (χ0n) is 10.2. The first-order chi connectivity index (χ1) is 8.20. The van der Waals surface area contributed by atoms with Gasteiger partial charge in [-0.15, -0.1) is 11.6 Å². The lowest BCUT2D eigenvalue weighted by Crippen LogP contribution is -2.28. The third-order valence-corrected chi connectivity index (χ3v) is 2.19. The molecule has 0 atom stereocenters. The summed E-state index contributed by atoms with van der Waals surface area (Å²) in [6, 6.07) is 1.58. The Kier molecular flexibility index (Phi) is 2.64. The summed E-state index contributed by atoms with van der Waals surface area (Å²) in [5.41, 5.74) is -0.646. The monoisotopic (exact) mass is 256 g/mol. The van der Waals surface area contributed by atoms with Crippen molar-refractivity contribution in [3.63, 3.8) is 0 Å². The Labute approximate surface area is 99.6 Å². The molecule has 2 nitrogen and oxygen atoms in total. The van der Waals surface area contributed by atoms with Gasteiger partial charge in [-0.25, -0.2) is 8.78 Å². The Morgan fingerprint density at radius 3 is 2.80 bits per heavy atom. The molecule has 0 aliphatic heterocycles. The zero-order chi connectivity index (χ0) is 14.1. The van der Waals surface area contributed by atoms with Gasteiger partial charge in [0.15, 0.2) is 5.82 Å². The van der Waals surface area contributed by atoms with Gasteiger partial charge in [-0.05, 0) is 12.1 Å². The van der Waals surface area contributed by atoms with Crippen molar-refractivity contribution in [3.05, 3.63) is 28.8 Å². The van der Waals surface area contributed by atoms with E-state index in [-0.39, 0.29) is 4.90 Å². The number of rotatable bonds is 2. The minimum atomic E-state index is -2.95. The van der Waals surface area contributed by atoms with Crippen LogP contribution in [0.15, 0.2) is 12.1 Å². The molecule has 1 rings (SSSR count). The van der Waals surface area contributed by atoms with Crippen LogP contribution in [0.25, 0.3) is 0 Å². The molecule has 1 aromatic carbocycles. The van der Waals surface area contributed by atoms with E-state index in [0.717, 1.165) is 12.1 Å². The van der Waals surface area contributed by atoms with Gasteiger partial charge in [0.25, 0.3) is 0 Å². The van der Waals surface area contributed by atoms with Gasteiger partial charge in [0.2, 0.25) is 5.91 Å². The first kappa shape index (κ1) is 8.30. The van der Waals surface area contributed by atoms with Crippen LogP contribution < -0.4 is 4.90 Å². The van der Waals surface area contributed by atoms with E-state index in [1.807, 2.05) is 0 Å². The fraction of sp³-hybridized carbons (Fsp3) is 0.222. The third-order valence-electron chi connectivity index (χ3n) is 1.62. The first-order valence-corrected chi connectivity index (χ1v) is 4.64. The Bertz CT molecular complexity index is 482. The molecule has 6 heteroatoms. The van der Waals surface area contributed by atoms with E-state index in [2.05, 4.69) is 0 Å². The number of alkyl halides is 1. The third kappa shape index (κ3) is 2.38. The molecular formula is C9H7Cl2F2NO. The van der Waals surface area contributed by atoms with Crippen molar-refractivity contribution in [1.29, 1.82) is 0 Å². The van der Waals surface area contributed by atoms with E-state index >= 15 is 0 Å². The summed E-state index contributed by atoms with van der Waals surface area (Å²) in [4.78, 5) is 11.6. The molecule has 0 unspecified atom stereocenters. The van der Waals surface area contributed by atoms with E-state index in [9.17, 15) is 13.6 Å². The summed E-state index contributed by atoms with van der Waals surface area (Å²) in [5, 5.41) is -0.885. The molecule has 0 aliphatic carbocycles. The van der Waals surface area contributed by atoms with Gasteiger partial charge in [0, 0.05) is 11.1 Å². The number of carbonyl (C=O) groups excluding carboxylic acids is 1. The van der Waals surface area contributed by atoms with Crippen LogP contribution in [0.3, 0.4) is 0 Å². The molecule has 0 fully saturated rings. The summed E-state index contributed by atoms with van der Waals surface area (Å²) in [6.45, 7) is -2.95. The van der Waals surface area contributed by atoms with Gasteiger partial charge in [-0.3, -0.25) is 4.79 Å². The fourth-order valence-corrected chi connectivity index (χ4v) is 1.16. The topological polar surface area (TPSA) is 20.3 Å². The normalized spacial score (nSPS) is 14.0. The van der Waals surface area contributed by atoms with Gasteiger partial charge >= 0.3 is 0 Å². The summed E-state index contributed by atoms with van der Waals surface area (Å²) < 4.78 is 48.1. The lowest BCUT2D eigenvalue weighted by molar-refractivity contribution is -0.116. The number of benzene rings is 1. The number of amides is 1. The number of anilines is 1. The zero-order valence-corrected chi connectivity index (χ0v) is 8.74. The van der Waals surface area contributed by atoms with Crippen molar-refractivity contribution in [2.75, 3.05) is 17.8 Å². The number of hydrogen-bond acceptors (Lipinski definition) is 1. The highest BCUT2D eigenvalue weighted by atomic mass is 35.5. The van der Waals surface area contributed by atoms with Crippen molar-refractivity contribution < 1.29 is 17.7 Å². The molecular weight excluding hydrogens is 247 g/mol. The Morgan fingerprint density at radius 1 is 1.60 bits per heavy atom. The summed E-state index contributed by atoms with van der Waals surface area (Å²) in [5.74, 6) is -4.08. The predicted octanol–water partition coefficient (Wildman–Crippen LogP) is 2.82. The molecule has 0 radical (unpaired) electrons. The van der Waals surface area contributed by atoms with Crippen molar-refractivity contribution in [1.82, 2.24) is 0 Å². The first-order valence-electron chi connectivity index (χ1n) is 5.22. The molecule has 1 amide bonds. The predicted molar refractivity (Wildman–Crippen MR) is 55.5 cm³/mol. The van der Waals surface area contributed by atoms with Crippen molar-refractivity contribution in [2.45, 2.75) is 0 Å². The largest absolute Gasteiger partial charge is 0.312 e. The van der Waals surface area contributed by atoms with Gasteiger partial charge in [-0.1, -0.05) is 11.6 Å². The highest BCUT2D eigenvalue weighted by Gasteiger charge is 2.18. The van der Waals surface area contributed by atoms with Crippen molar-refractivity contribution >= 4 is 34.8 Å². The quantitative estimate of drug-likeness (QED) is 0.589. The number of nitrogens with zero attached hydrogens (tertiary/aromatic N) is 1. The van der Waals surface area contributed by atoms with E-state index in [4.69, 9.17) is 27.3 Å². The molecule has 0 spiro atoms. The molecule has 82 valence electrons. The van der Waals surface area contributed by atoms with Crippen LogP contribution in [0, 0.1) is 11.6 Å². The Balaban J connectivity index is 3.40. The highest BCUT2D eigenvalue weighted by Crippen LogP contribution is 2.27. The van der Waals surface area contributed by atoms with Crippen molar-refractivity contribution in [3.8, 4) is 0 Å². The Hall–Kier alpha value is -0.870. The molecule has 0 aromatic heterocycles. The van der Waals surface area contributed by atoms with Gasteiger partial charge in [0.05, 0.1) is 5.69 Å². The molecule has 0 aliphatic rings. The van der Waals surface area contributed by atoms with Crippen LogP contribution in [0.5, 0.6) is 0 Å². The summed E-state index contributed by atoms with van der Waals surface area (Å²) >= 11 is 10.6. The van der Waals surface area contributed by atoms with Gasteiger partial charge < -0.3 is 4.90 Å². The average molecular weight is 257 g/mol. The van der Waals surface area contributed by atoms with Crippen LogP contribution in [-0.4, -0.2) is 18.8 Å². The fourth-order valence-electron chi connectivity index (χ4n) is 0.883. The highest BCUT2D eigenvalue weighted by molar-refractivity contribution is 6.31. The lowest BCUT2D eigenvalue weighted by Gasteiger charge is -2.17. The van der Waals surface area contributed by atoms with E-state index in [0.29, 0.717) is 0 Å². The SMILES string of the molecule is [2H]C([2H])([2H])N(C(=O)CCl)c1ccc(F)c(Cl)c1F.